The Balaban J connectivity index is 3.10. The van der Waals surface area contributed by atoms with Crippen LogP contribution in [0.15, 0.2) is 22.6 Å². The van der Waals surface area contributed by atoms with Gasteiger partial charge in [0.1, 0.15) is 21.9 Å². The van der Waals surface area contributed by atoms with E-state index in [2.05, 4.69) is 4.40 Å². The topological polar surface area (TPSA) is 35.4 Å². The monoisotopic (exact) mass is 269 g/mol. The number of hydrogen-bond acceptors (Lipinski definition) is 2. The second kappa shape index (κ2) is 5.85. The van der Waals surface area contributed by atoms with E-state index >= 15 is 0 Å². The van der Waals surface area contributed by atoms with Gasteiger partial charge in [-0.15, -0.1) is 0 Å². The maximum absolute atomic E-state index is 13.2. The summed E-state index contributed by atoms with van der Waals surface area (Å²) in [5.74, 6) is -0.230. The number of benzene rings is 1. The second-order valence-corrected chi connectivity index (χ2v) is 7.12. The van der Waals surface area contributed by atoms with Gasteiger partial charge in [-0.1, -0.05) is 17.4 Å². The molecule has 0 saturated carbocycles. The summed E-state index contributed by atoms with van der Waals surface area (Å²) < 4.78 is 29.1. The lowest BCUT2D eigenvalue weighted by atomic mass is 10.1. The first kappa shape index (κ1) is 15.2. The first-order chi connectivity index (χ1) is 8.25. The second-order valence-electron chi connectivity index (χ2n) is 5.22. The maximum atomic E-state index is 13.2. The maximum Gasteiger partial charge on any atom is 0.144 e. The van der Waals surface area contributed by atoms with Gasteiger partial charge in [0.25, 0.3) is 0 Å². The van der Waals surface area contributed by atoms with Gasteiger partial charge in [0.2, 0.25) is 0 Å². The van der Waals surface area contributed by atoms with Gasteiger partial charge in [-0.2, -0.15) is 0 Å². The van der Waals surface area contributed by atoms with E-state index in [1.807, 2.05) is 27.7 Å². The van der Waals surface area contributed by atoms with Crippen molar-refractivity contribution in [2.24, 2.45) is 4.40 Å². The Morgan fingerprint density at radius 3 is 2.44 bits per heavy atom. The molecule has 1 atom stereocenters. The van der Waals surface area contributed by atoms with Crippen LogP contribution in [-0.4, -0.2) is 15.0 Å². The number of aryl methyl sites for hydroxylation is 1. The van der Waals surface area contributed by atoms with Gasteiger partial charge in [0, 0.05) is 5.56 Å². The summed E-state index contributed by atoms with van der Waals surface area (Å²) >= 11 is -1.29. The van der Waals surface area contributed by atoms with E-state index in [0.29, 0.717) is 12.0 Å². The van der Waals surface area contributed by atoms with Crippen molar-refractivity contribution < 1.29 is 8.94 Å². The van der Waals surface area contributed by atoms with E-state index in [0.717, 1.165) is 11.3 Å². The van der Waals surface area contributed by atoms with Crippen LogP contribution in [0, 0.1) is 12.7 Å². The highest BCUT2D eigenvalue weighted by atomic mass is 32.2. The molecular weight excluding hydrogens is 249 g/mol. The van der Waals surface area contributed by atoms with Crippen LogP contribution >= 0.6 is 0 Å². The molecule has 0 aliphatic heterocycles. The normalized spacial score (nSPS) is 14.7. The van der Waals surface area contributed by atoms with E-state index in [-0.39, 0.29) is 10.6 Å². The Labute approximate surface area is 112 Å². The summed E-state index contributed by atoms with van der Waals surface area (Å²) in [4.78, 5) is 0. The molecule has 18 heavy (non-hydrogen) atoms. The zero-order valence-electron chi connectivity index (χ0n) is 11.6. The Morgan fingerprint density at radius 2 is 2.00 bits per heavy atom. The molecule has 0 radical (unpaired) electrons. The highest BCUT2D eigenvalue weighted by Crippen LogP contribution is 2.20. The van der Waals surface area contributed by atoms with Crippen LogP contribution in [0.25, 0.3) is 0 Å². The van der Waals surface area contributed by atoms with Crippen LogP contribution in [0.5, 0.6) is 0 Å². The molecule has 1 rings (SSSR count). The fraction of sp³-hybridized carbons (Fsp3) is 0.500. The van der Waals surface area contributed by atoms with Crippen molar-refractivity contribution in [1.82, 2.24) is 0 Å². The third kappa shape index (κ3) is 3.82. The highest BCUT2D eigenvalue weighted by molar-refractivity contribution is 7.91. The molecule has 100 valence electrons. The molecule has 1 aromatic carbocycles. The third-order valence-corrected chi connectivity index (χ3v) is 3.98. The van der Waals surface area contributed by atoms with E-state index in [1.54, 1.807) is 19.1 Å². The minimum atomic E-state index is -1.29. The first-order valence-corrected chi connectivity index (χ1v) is 7.12. The summed E-state index contributed by atoms with van der Waals surface area (Å²) in [5, 5.41) is 0. The lowest BCUT2D eigenvalue weighted by Crippen LogP contribution is -2.27. The van der Waals surface area contributed by atoms with Crippen LogP contribution in [0.3, 0.4) is 0 Å². The van der Waals surface area contributed by atoms with Gasteiger partial charge < -0.3 is 4.55 Å². The SMILES string of the molecule is CC/C(=N\[S+]([O-])C(C)(C)C)c1ccc(F)c(C)c1. The van der Waals surface area contributed by atoms with Crippen molar-refractivity contribution >= 4 is 17.1 Å². The quantitative estimate of drug-likeness (QED) is 0.607. The van der Waals surface area contributed by atoms with Gasteiger partial charge >= 0.3 is 0 Å². The zero-order chi connectivity index (χ0) is 13.9. The first-order valence-electron chi connectivity index (χ1n) is 6.01. The molecular formula is C14H20FNOS. The molecule has 0 bridgehead atoms. The molecule has 2 nitrogen and oxygen atoms in total. The number of hydrogen-bond donors (Lipinski definition) is 0. The number of rotatable bonds is 3. The van der Waals surface area contributed by atoms with E-state index < -0.39 is 11.4 Å². The van der Waals surface area contributed by atoms with Gasteiger partial charge in [-0.25, -0.2) is 4.39 Å². The predicted octanol–water partition coefficient (Wildman–Crippen LogP) is 3.80. The average molecular weight is 269 g/mol. The molecule has 0 spiro atoms. The standard InChI is InChI=1S/C14H20FNOS/c1-6-13(16-18(17)14(3,4)5)11-7-8-12(15)10(2)9-11/h7-9H,6H2,1-5H3/b16-13+. The third-order valence-electron chi connectivity index (χ3n) is 2.54. The molecule has 0 aliphatic rings. The van der Waals surface area contributed by atoms with Crippen LogP contribution in [0.4, 0.5) is 4.39 Å². The van der Waals surface area contributed by atoms with Gasteiger partial charge in [0.15, 0.2) is 0 Å². The Morgan fingerprint density at radius 1 is 1.39 bits per heavy atom. The van der Waals surface area contributed by atoms with Crippen LogP contribution < -0.4 is 0 Å². The lowest BCUT2D eigenvalue weighted by molar-refractivity contribution is 0.561. The largest absolute Gasteiger partial charge is 0.591 e. The van der Waals surface area contributed by atoms with Gasteiger partial charge in [-0.3, -0.25) is 0 Å². The van der Waals surface area contributed by atoms with Gasteiger partial charge in [-0.05, 0) is 51.8 Å². The van der Waals surface area contributed by atoms with Crippen molar-refractivity contribution in [3.8, 4) is 0 Å². The van der Waals surface area contributed by atoms with Crippen LogP contribution in [-0.2, 0) is 11.4 Å². The summed E-state index contributed by atoms with van der Waals surface area (Å²) in [6, 6.07) is 4.86. The molecule has 0 fully saturated rings. The zero-order valence-corrected chi connectivity index (χ0v) is 12.4. The summed E-state index contributed by atoms with van der Waals surface area (Å²) in [5.41, 5.74) is 2.18. The fourth-order valence-electron chi connectivity index (χ4n) is 1.38. The van der Waals surface area contributed by atoms with Gasteiger partial charge in [0.05, 0.1) is 5.71 Å². The fourth-order valence-corrected chi connectivity index (χ4v) is 2.09. The molecule has 1 aromatic rings. The molecule has 0 amide bonds. The number of halogens is 1. The summed E-state index contributed by atoms with van der Waals surface area (Å²) in [6.45, 7) is 9.33. The smallest absolute Gasteiger partial charge is 0.144 e. The molecule has 0 aliphatic carbocycles. The van der Waals surface area contributed by atoms with Crippen molar-refractivity contribution in [2.75, 3.05) is 0 Å². The highest BCUT2D eigenvalue weighted by Gasteiger charge is 2.27. The van der Waals surface area contributed by atoms with Crippen molar-refractivity contribution in [1.29, 1.82) is 0 Å². The average Bonchev–Trinajstić information content (AvgIpc) is 2.28. The Kier molecular flexibility index (Phi) is 4.93. The van der Waals surface area contributed by atoms with Crippen molar-refractivity contribution in [3.05, 3.63) is 35.1 Å². The van der Waals surface area contributed by atoms with E-state index in [4.69, 9.17) is 0 Å². The summed E-state index contributed by atoms with van der Waals surface area (Å²) in [6.07, 6.45) is 0.674. The molecule has 4 heteroatoms. The molecule has 0 heterocycles. The minimum Gasteiger partial charge on any atom is -0.591 e. The lowest BCUT2D eigenvalue weighted by Gasteiger charge is -2.19. The van der Waals surface area contributed by atoms with E-state index in [9.17, 15) is 8.94 Å². The van der Waals surface area contributed by atoms with Crippen molar-refractivity contribution in [3.63, 3.8) is 0 Å². The van der Waals surface area contributed by atoms with Crippen LogP contribution in [0.2, 0.25) is 0 Å². The van der Waals surface area contributed by atoms with Crippen molar-refractivity contribution in [2.45, 2.75) is 45.8 Å². The molecule has 0 N–H and O–H groups in total. The molecule has 1 unspecified atom stereocenters. The minimum absolute atomic E-state index is 0.230. The Bertz CT molecular complexity index is 452. The van der Waals surface area contributed by atoms with E-state index in [1.165, 1.54) is 6.07 Å². The Hall–Kier alpha value is -0.870. The predicted molar refractivity (Wildman–Crippen MR) is 75.9 cm³/mol. The number of nitrogens with zero attached hydrogens (tertiary/aromatic N) is 1. The van der Waals surface area contributed by atoms with Crippen LogP contribution in [0.1, 0.15) is 45.2 Å². The summed E-state index contributed by atoms with van der Waals surface area (Å²) in [7, 11) is 0. The molecule has 0 aromatic heterocycles. The molecule has 0 saturated heterocycles.